The lowest BCUT2D eigenvalue weighted by Crippen LogP contribution is -2.31. The van der Waals surface area contributed by atoms with Crippen molar-refractivity contribution in [3.05, 3.63) is 12.4 Å². The molecule has 6 heteroatoms. The molecule has 1 heterocycles. The van der Waals surface area contributed by atoms with Crippen LogP contribution >= 0.6 is 0 Å². The summed E-state index contributed by atoms with van der Waals surface area (Å²) in [5, 5.41) is 20.4. The molecule has 0 aliphatic rings. The molecule has 0 bridgehead atoms. The highest BCUT2D eigenvalue weighted by Crippen LogP contribution is 1.93. The van der Waals surface area contributed by atoms with Gasteiger partial charge in [0.25, 0.3) is 0 Å². The minimum Gasteiger partial charge on any atom is -0.389 e. The third-order valence-electron chi connectivity index (χ3n) is 2.35. The number of nitrogens with zero attached hydrogens (tertiary/aromatic N) is 3. The molecule has 0 aliphatic carbocycles. The summed E-state index contributed by atoms with van der Waals surface area (Å²) in [6.45, 7) is 7.53. The van der Waals surface area contributed by atoms with Crippen molar-refractivity contribution in [2.45, 2.75) is 32.9 Å². The Morgan fingerprint density at radius 3 is 2.89 bits per heavy atom. The minimum atomic E-state index is -0.435. The number of aromatic nitrogens is 3. The molecule has 0 saturated carbocycles. The molecule has 1 rings (SSSR count). The summed E-state index contributed by atoms with van der Waals surface area (Å²) in [6.07, 6.45) is 4.04. The van der Waals surface area contributed by atoms with Crippen molar-refractivity contribution in [2.24, 2.45) is 5.92 Å². The zero-order valence-corrected chi connectivity index (χ0v) is 11.2. The van der Waals surface area contributed by atoms with Crippen LogP contribution in [-0.4, -0.2) is 52.5 Å². The Kier molecular flexibility index (Phi) is 7.55. The van der Waals surface area contributed by atoms with Crippen LogP contribution in [-0.2, 0) is 11.3 Å². The van der Waals surface area contributed by atoms with E-state index in [0.29, 0.717) is 25.7 Å². The quantitative estimate of drug-likeness (QED) is 0.589. The average molecular weight is 256 g/mol. The fraction of sp³-hybridized carbons (Fsp3) is 0.833. The second-order valence-electron chi connectivity index (χ2n) is 4.81. The van der Waals surface area contributed by atoms with E-state index in [1.165, 1.54) is 0 Å². The van der Waals surface area contributed by atoms with Crippen molar-refractivity contribution in [3.63, 3.8) is 0 Å². The van der Waals surface area contributed by atoms with Crippen molar-refractivity contribution in [3.8, 4) is 0 Å². The van der Waals surface area contributed by atoms with E-state index in [4.69, 9.17) is 4.74 Å². The zero-order valence-electron chi connectivity index (χ0n) is 11.2. The van der Waals surface area contributed by atoms with Gasteiger partial charge >= 0.3 is 0 Å². The molecule has 0 amide bonds. The van der Waals surface area contributed by atoms with Gasteiger partial charge in [0.15, 0.2) is 0 Å². The predicted octanol–water partition coefficient (Wildman–Crippen LogP) is 0.291. The fourth-order valence-electron chi connectivity index (χ4n) is 1.49. The van der Waals surface area contributed by atoms with Gasteiger partial charge in [0.2, 0.25) is 0 Å². The van der Waals surface area contributed by atoms with Gasteiger partial charge in [0.05, 0.1) is 18.9 Å². The van der Waals surface area contributed by atoms with E-state index in [2.05, 4.69) is 29.5 Å². The molecule has 1 unspecified atom stereocenters. The molecule has 104 valence electrons. The van der Waals surface area contributed by atoms with Crippen LogP contribution in [0.15, 0.2) is 12.4 Å². The maximum atomic E-state index is 9.63. The molecule has 1 aromatic heterocycles. The summed E-state index contributed by atoms with van der Waals surface area (Å²) in [5.74, 6) is 0.507. The summed E-state index contributed by atoms with van der Waals surface area (Å²) in [7, 11) is 0. The maximum absolute atomic E-state index is 9.63. The van der Waals surface area contributed by atoms with Crippen molar-refractivity contribution in [1.29, 1.82) is 0 Å². The van der Waals surface area contributed by atoms with Gasteiger partial charge < -0.3 is 15.2 Å². The van der Waals surface area contributed by atoms with Crippen LogP contribution in [0.3, 0.4) is 0 Å². The Hall–Kier alpha value is -0.980. The summed E-state index contributed by atoms with van der Waals surface area (Å²) < 4.78 is 7.16. The second-order valence-corrected chi connectivity index (χ2v) is 4.81. The number of aryl methyl sites for hydroxylation is 1. The standard InChI is InChI=1S/C12H24N4O2/c1-11(2)9-18-10-12(17)8-13-4-3-6-16-7-5-14-15-16/h5,7,11-13,17H,3-4,6,8-10H2,1-2H3. The Balaban J connectivity index is 1.90. The zero-order chi connectivity index (χ0) is 13.2. The fourth-order valence-corrected chi connectivity index (χ4v) is 1.49. The van der Waals surface area contributed by atoms with Crippen LogP contribution in [0.4, 0.5) is 0 Å². The smallest absolute Gasteiger partial charge is 0.0897 e. The van der Waals surface area contributed by atoms with Crippen molar-refractivity contribution < 1.29 is 9.84 Å². The molecule has 6 nitrogen and oxygen atoms in total. The van der Waals surface area contributed by atoms with Gasteiger partial charge in [-0.25, -0.2) is 0 Å². The monoisotopic (exact) mass is 256 g/mol. The number of hydrogen-bond acceptors (Lipinski definition) is 5. The maximum Gasteiger partial charge on any atom is 0.0897 e. The Bertz CT molecular complexity index is 290. The molecular weight excluding hydrogens is 232 g/mol. The lowest BCUT2D eigenvalue weighted by atomic mass is 10.2. The first kappa shape index (κ1) is 15.1. The predicted molar refractivity (Wildman–Crippen MR) is 69.2 cm³/mol. The minimum absolute atomic E-state index is 0.397. The molecule has 18 heavy (non-hydrogen) atoms. The lowest BCUT2D eigenvalue weighted by molar-refractivity contribution is 0.0262. The van der Waals surface area contributed by atoms with Gasteiger partial charge in [-0.05, 0) is 18.9 Å². The molecule has 0 spiro atoms. The first-order valence-electron chi connectivity index (χ1n) is 6.49. The van der Waals surface area contributed by atoms with Crippen molar-refractivity contribution in [2.75, 3.05) is 26.3 Å². The van der Waals surface area contributed by atoms with Gasteiger partial charge in [-0.3, -0.25) is 4.68 Å². The SMILES string of the molecule is CC(C)COCC(O)CNCCCn1ccnn1. The van der Waals surface area contributed by atoms with E-state index in [0.717, 1.165) is 19.5 Å². The largest absolute Gasteiger partial charge is 0.389 e. The molecular formula is C12H24N4O2. The highest BCUT2D eigenvalue weighted by molar-refractivity contribution is 4.64. The highest BCUT2D eigenvalue weighted by atomic mass is 16.5. The third-order valence-corrected chi connectivity index (χ3v) is 2.35. The van der Waals surface area contributed by atoms with Gasteiger partial charge in [-0.15, -0.1) is 5.10 Å². The topological polar surface area (TPSA) is 72.2 Å². The first-order valence-corrected chi connectivity index (χ1v) is 6.49. The van der Waals surface area contributed by atoms with Crippen LogP contribution in [0.2, 0.25) is 0 Å². The normalized spacial score (nSPS) is 13.1. The average Bonchev–Trinajstić information content (AvgIpc) is 2.81. The van der Waals surface area contributed by atoms with Crippen LogP contribution in [0.1, 0.15) is 20.3 Å². The Labute approximate surface area is 108 Å². The summed E-state index contributed by atoms with van der Waals surface area (Å²) >= 11 is 0. The van der Waals surface area contributed by atoms with E-state index in [-0.39, 0.29) is 0 Å². The van der Waals surface area contributed by atoms with E-state index in [9.17, 15) is 5.11 Å². The van der Waals surface area contributed by atoms with Crippen LogP contribution in [0, 0.1) is 5.92 Å². The van der Waals surface area contributed by atoms with E-state index >= 15 is 0 Å². The van der Waals surface area contributed by atoms with Crippen LogP contribution in [0.5, 0.6) is 0 Å². The van der Waals surface area contributed by atoms with Gasteiger partial charge in [-0.1, -0.05) is 19.1 Å². The molecule has 0 saturated heterocycles. The van der Waals surface area contributed by atoms with Gasteiger partial charge in [-0.2, -0.15) is 0 Å². The lowest BCUT2D eigenvalue weighted by Gasteiger charge is -2.13. The molecule has 0 aromatic carbocycles. The molecule has 0 radical (unpaired) electrons. The van der Waals surface area contributed by atoms with Crippen molar-refractivity contribution in [1.82, 2.24) is 20.3 Å². The second kappa shape index (κ2) is 9.02. The number of nitrogens with one attached hydrogen (secondary N) is 1. The molecule has 0 fully saturated rings. The molecule has 2 N–H and O–H groups in total. The summed E-state index contributed by atoms with van der Waals surface area (Å²) in [5.41, 5.74) is 0. The Morgan fingerprint density at radius 1 is 1.39 bits per heavy atom. The number of hydrogen-bond donors (Lipinski definition) is 2. The number of ether oxygens (including phenoxy) is 1. The first-order chi connectivity index (χ1) is 8.68. The molecule has 0 aliphatic heterocycles. The third kappa shape index (κ3) is 7.37. The van der Waals surface area contributed by atoms with E-state index in [1.54, 1.807) is 10.9 Å². The number of rotatable bonds is 10. The molecule has 1 aromatic rings. The van der Waals surface area contributed by atoms with Crippen molar-refractivity contribution >= 4 is 0 Å². The molecule has 1 atom stereocenters. The summed E-state index contributed by atoms with van der Waals surface area (Å²) in [4.78, 5) is 0. The Morgan fingerprint density at radius 2 is 2.22 bits per heavy atom. The van der Waals surface area contributed by atoms with Gasteiger partial charge in [0, 0.05) is 25.9 Å². The van der Waals surface area contributed by atoms with Crippen LogP contribution < -0.4 is 5.32 Å². The van der Waals surface area contributed by atoms with E-state index < -0.39 is 6.10 Å². The number of aliphatic hydroxyl groups is 1. The van der Waals surface area contributed by atoms with E-state index in [1.807, 2.05) is 6.20 Å². The van der Waals surface area contributed by atoms with Gasteiger partial charge in [0.1, 0.15) is 0 Å². The van der Waals surface area contributed by atoms with Crippen LogP contribution in [0.25, 0.3) is 0 Å². The number of aliphatic hydroxyl groups excluding tert-OH is 1. The summed E-state index contributed by atoms with van der Waals surface area (Å²) in [6, 6.07) is 0. The highest BCUT2D eigenvalue weighted by Gasteiger charge is 2.04.